The summed E-state index contributed by atoms with van der Waals surface area (Å²) in [7, 11) is 0. The number of hydrogen-bond acceptors (Lipinski definition) is 4. The number of carbonyl (C=O) groups excluding carboxylic acids is 1. The summed E-state index contributed by atoms with van der Waals surface area (Å²) in [5.41, 5.74) is 0.899. The Hall–Kier alpha value is -1.36. The van der Waals surface area contributed by atoms with E-state index in [0.717, 1.165) is 30.8 Å². The molecule has 0 radical (unpaired) electrons. The molecule has 1 fully saturated rings. The van der Waals surface area contributed by atoms with Crippen LogP contribution in [0.4, 0.5) is 0 Å². The lowest BCUT2D eigenvalue weighted by atomic mass is 10.0. The van der Waals surface area contributed by atoms with Crippen molar-refractivity contribution in [2.45, 2.75) is 59.2 Å². The number of amides is 1. The van der Waals surface area contributed by atoms with Gasteiger partial charge in [-0.1, -0.05) is 13.8 Å². The van der Waals surface area contributed by atoms with Crippen LogP contribution in [-0.4, -0.2) is 34.4 Å². The van der Waals surface area contributed by atoms with Gasteiger partial charge < -0.3 is 14.6 Å². The van der Waals surface area contributed by atoms with Gasteiger partial charge >= 0.3 is 0 Å². The number of oxazole rings is 1. The highest BCUT2D eigenvalue weighted by atomic mass is 16.4. The van der Waals surface area contributed by atoms with Crippen LogP contribution in [0.15, 0.2) is 4.42 Å². The van der Waals surface area contributed by atoms with Gasteiger partial charge in [-0.2, -0.15) is 0 Å². The molecule has 0 aliphatic carbocycles. The first-order valence-corrected chi connectivity index (χ1v) is 6.95. The Bertz CT molecular complexity index is 434. The largest absolute Gasteiger partial charge is 0.444 e. The highest BCUT2D eigenvalue weighted by Gasteiger charge is 2.29. The van der Waals surface area contributed by atoms with Crippen LogP contribution < -0.4 is 5.32 Å². The fraction of sp³-hybridized carbons (Fsp3) is 0.714. The zero-order valence-corrected chi connectivity index (χ0v) is 12.2. The standard InChI is InChI=1S/C14H23N3O2/c1-9(2)15-12-6-5-7-17(14(12)18)8-13-16-10(3)11(4)19-13/h9,12,15H,5-8H2,1-4H3. The molecular formula is C14H23N3O2. The van der Waals surface area contributed by atoms with Crippen LogP contribution in [0.25, 0.3) is 0 Å². The number of aryl methyl sites for hydroxylation is 2. The molecule has 1 amide bonds. The number of piperidine rings is 1. The summed E-state index contributed by atoms with van der Waals surface area (Å²) >= 11 is 0. The summed E-state index contributed by atoms with van der Waals surface area (Å²) in [5.74, 6) is 1.62. The number of rotatable bonds is 4. The minimum Gasteiger partial charge on any atom is -0.444 e. The smallest absolute Gasteiger partial charge is 0.240 e. The predicted molar refractivity (Wildman–Crippen MR) is 72.7 cm³/mol. The second-order valence-corrected chi connectivity index (χ2v) is 5.53. The molecule has 1 saturated heterocycles. The van der Waals surface area contributed by atoms with Gasteiger partial charge in [0.05, 0.1) is 18.3 Å². The molecule has 19 heavy (non-hydrogen) atoms. The Morgan fingerprint density at radius 2 is 2.21 bits per heavy atom. The summed E-state index contributed by atoms with van der Waals surface area (Å²) in [6, 6.07) is 0.256. The van der Waals surface area contributed by atoms with Crippen molar-refractivity contribution in [2.75, 3.05) is 6.54 Å². The molecule has 0 spiro atoms. The second-order valence-electron chi connectivity index (χ2n) is 5.53. The molecule has 0 saturated carbocycles. The molecule has 5 nitrogen and oxygen atoms in total. The van der Waals surface area contributed by atoms with Crippen LogP contribution in [0.5, 0.6) is 0 Å². The quantitative estimate of drug-likeness (QED) is 0.901. The van der Waals surface area contributed by atoms with Gasteiger partial charge in [-0.15, -0.1) is 0 Å². The van der Waals surface area contributed by atoms with E-state index in [0.29, 0.717) is 18.5 Å². The van der Waals surface area contributed by atoms with E-state index in [2.05, 4.69) is 24.1 Å². The Kier molecular flexibility index (Phi) is 4.24. The van der Waals surface area contributed by atoms with Gasteiger partial charge in [0.15, 0.2) is 0 Å². The van der Waals surface area contributed by atoms with E-state index in [9.17, 15) is 4.79 Å². The van der Waals surface area contributed by atoms with Crippen molar-refractivity contribution in [1.29, 1.82) is 0 Å². The third-order valence-corrected chi connectivity index (χ3v) is 3.46. The summed E-state index contributed by atoms with van der Waals surface area (Å²) in [6.45, 7) is 9.20. The maximum absolute atomic E-state index is 12.4. The van der Waals surface area contributed by atoms with Crippen LogP contribution >= 0.6 is 0 Å². The van der Waals surface area contributed by atoms with Gasteiger partial charge in [0, 0.05) is 12.6 Å². The first-order valence-electron chi connectivity index (χ1n) is 6.95. The van der Waals surface area contributed by atoms with E-state index in [1.165, 1.54) is 0 Å². The zero-order valence-electron chi connectivity index (χ0n) is 12.2. The van der Waals surface area contributed by atoms with Crippen LogP contribution in [0, 0.1) is 13.8 Å². The second kappa shape index (κ2) is 5.74. The van der Waals surface area contributed by atoms with Gasteiger partial charge in [-0.3, -0.25) is 4.79 Å². The Balaban J connectivity index is 2.01. The van der Waals surface area contributed by atoms with E-state index in [-0.39, 0.29) is 11.9 Å². The van der Waals surface area contributed by atoms with Gasteiger partial charge in [-0.05, 0) is 26.7 Å². The zero-order chi connectivity index (χ0) is 14.0. The monoisotopic (exact) mass is 265 g/mol. The molecular weight excluding hydrogens is 242 g/mol. The molecule has 2 rings (SSSR count). The lowest BCUT2D eigenvalue weighted by molar-refractivity contribution is -0.137. The molecule has 1 aliphatic heterocycles. The first-order chi connectivity index (χ1) is 8.97. The summed E-state index contributed by atoms with van der Waals surface area (Å²) in [6.07, 6.45) is 1.94. The van der Waals surface area contributed by atoms with Crippen molar-refractivity contribution in [3.05, 3.63) is 17.3 Å². The molecule has 106 valence electrons. The summed E-state index contributed by atoms with van der Waals surface area (Å²) in [4.78, 5) is 18.5. The van der Waals surface area contributed by atoms with E-state index in [1.807, 2.05) is 18.7 Å². The number of nitrogens with zero attached hydrogens (tertiary/aromatic N) is 2. The lowest BCUT2D eigenvalue weighted by Gasteiger charge is -2.32. The van der Waals surface area contributed by atoms with E-state index < -0.39 is 0 Å². The van der Waals surface area contributed by atoms with Crippen LogP contribution in [0.3, 0.4) is 0 Å². The number of hydrogen-bond donors (Lipinski definition) is 1. The highest BCUT2D eigenvalue weighted by molar-refractivity contribution is 5.82. The molecule has 5 heteroatoms. The van der Waals surface area contributed by atoms with Crippen LogP contribution in [0.2, 0.25) is 0 Å². The fourth-order valence-electron chi connectivity index (χ4n) is 2.42. The molecule has 1 aromatic rings. The summed E-state index contributed by atoms with van der Waals surface area (Å²) in [5, 5.41) is 3.32. The Morgan fingerprint density at radius 1 is 1.47 bits per heavy atom. The molecule has 2 heterocycles. The van der Waals surface area contributed by atoms with Crippen molar-refractivity contribution < 1.29 is 9.21 Å². The minimum atomic E-state index is -0.0640. The number of likely N-dealkylation sites (tertiary alicyclic amines) is 1. The van der Waals surface area contributed by atoms with Crippen molar-refractivity contribution >= 4 is 5.91 Å². The number of aromatic nitrogens is 1. The van der Waals surface area contributed by atoms with Crippen molar-refractivity contribution in [3.63, 3.8) is 0 Å². The SMILES string of the molecule is Cc1nc(CN2CCCC(NC(C)C)C2=O)oc1C. The molecule has 1 N–H and O–H groups in total. The maximum Gasteiger partial charge on any atom is 0.240 e. The van der Waals surface area contributed by atoms with E-state index in [4.69, 9.17) is 4.42 Å². The van der Waals surface area contributed by atoms with Gasteiger partial charge in [0.25, 0.3) is 0 Å². The molecule has 1 unspecified atom stereocenters. The number of nitrogens with one attached hydrogen (secondary N) is 1. The van der Waals surface area contributed by atoms with Gasteiger partial charge in [0.1, 0.15) is 5.76 Å². The van der Waals surface area contributed by atoms with E-state index >= 15 is 0 Å². The average Bonchev–Trinajstić information content (AvgIpc) is 2.63. The maximum atomic E-state index is 12.4. The topological polar surface area (TPSA) is 58.4 Å². The Labute approximate surface area is 114 Å². The minimum absolute atomic E-state index is 0.0640. The highest BCUT2D eigenvalue weighted by Crippen LogP contribution is 2.17. The number of carbonyl (C=O) groups is 1. The molecule has 1 aliphatic rings. The van der Waals surface area contributed by atoms with Crippen molar-refractivity contribution in [3.8, 4) is 0 Å². The molecule has 1 aromatic heterocycles. The molecule has 0 aromatic carbocycles. The van der Waals surface area contributed by atoms with Gasteiger partial charge in [0.2, 0.25) is 11.8 Å². The summed E-state index contributed by atoms with van der Waals surface area (Å²) < 4.78 is 5.56. The predicted octanol–water partition coefficient (Wildman–Crippen LogP) is 1.78. The van der Waals surface area contributed by atoms with Crippen molar-refractivity contribution in [2.24, 2.45) is 0 Å². The first kappa shape index (κ1) is 14.1. The normalized spacial score (nSPS) is 20.4. The lowest BCUT2D eigenvalue weighted by Crippen LogP contribution is -2.52. The van der Waals surface area contributed by atoms with Crippen LogP contribution in [-0.2, 0) is 11.3 Å². The average molecular weight is 265 g/mol. The van der Waals surface area contributed by atoms with Crippen LogP contribution in [0.1, 0.15) is 44.0 Å². The Morgan fingerprint density at radius 3 is 2.79 bits per heavy atom. The fourth-order valence-corrected chi connectivity index (χ4v) is 2.42. The van der Waals surface area contributed by atoms with E-state index in [1.54, 1.807) is 0 Å². The van der Waals surface area contributed by atoms with Gasteiger partial charge in [-0.25, -0.2) is 4.98 Å². The molecule has 0 bridgehead atoms. The third kappa shape index (κ3) is 3.35. The molecule has 1 atom stereocenters. The van der Waals surface area contributed by atoms with Crippen molar-refractivity contribution in [1.82, 2.24) is 15.2 Å². The third-order valence-electron chi connectivity index (χ3n) is 3.46.